The zero-order valence-electron chi connectivity index (χ0n) is 9.50. The summed E-state index contributed by atoms with van der Waals surface area (Å²) in [6.07, 6.45) is 2.11. The Labute approximate surface area is 108 Å². The average molecular weight is 290 g/mol. The smallest absolute Gasteiger partial charge is 0.0840 e. The van der Waals surface area contributed by atoms with Crippen molar-refractivity contribution in [1.29, 1.82) is 0 Å². The minimum Gasteiger partial charge on any atom is -0.411 e. The predicted octanol–water partition coefficient (Wildman–Crippen LogP) is 3.90. The maximum absolute atomic E-state index is 8.96. The maximum atomic E-state index is 8.96. The van der Waals surface area contributed by atoms with E-state index in [1.54, 1.807) is 0 Å². The number of oxime groups is 1. The molecule has 2 aromatic carbocycles. The van der Waals surface area contributed by atoms with E-state index in [0.717, 1.165) is 22.9 Å². The number of aryl methyl sites for hydroxylation is 2. The minimum absolute atomic E-state index is 0.680. The first kappa shape index (κ1) is 10.8. The van der Waals surface area contributed by atoms with Crippen LogP contribution in [-0.2, 0) is 12.8 Å². The molecule has 3 heteroatoms. The number of benzene rings is 2. The average Bonchev–Trinajstić information content (AvgIpc) is 2.78. The first-order valence-electron chi connectivity index (χ1n) is 5.64. The van der Waals surface area contributed by atoms with Gasteiger partial charge in [-0.15, -0.1) is 0 Å². The molecule has 0 aromatic heterocycles. The third-order valence-corrected chi connectivity index (χ3v) is 4.15. The van der Waals surface area contributed by atoms with Crippen LogP contribution in [0, 0.1) is 0 Å². The van der Waals surface area contributed by atoms with Crippen molar-refractivity contribution in [3.8, 4) is 0 Å². The van der Waals surface area contributed by atoms with Gasteiger partial charge < -0.3 is 5.21 Å². The van der Waals surface area contributed by atoms with Crippen LogP contribution in [0.1, 0.15) is 23.6 Å². The van der Waals surface area contributed by atoms with E-state index in [1.807, 2.05) is 6.92 Å². The second kappa shape index (κ2) is 3.84. The van der Waals surface area contributed by atoms with Crippen LogP contribution in [0.2, 0.25) is 0 Å². The summed E-state index contributed by atoms with van der Waals surface area (Å²) < 4.78 is 1.07. The standard InChI is InChI=1S/C14H12BrNO/c1-8(16-17)12-7-13(15)11-4-2-3-9-5-6-10(12)14(9)11/h2-4,7,17H,5-6H2,1H3. The molecule has 0 unspecified atom stereocenters. The van der Waals surface area contributed by atoms with Crippen LogP contribution in [0.5, 0.6) is 0 Å². The summed E-state index contributed by atoms with van der Waals surface area (Å²) >= 11 is 3.60. The van der Waals surface area contributed by atoms with Crippen LogP contribution in [0.25, 0.3) is 10.8 Å². The van der Waals surface area contributed by atoms with Gasteiger partial charge in [0.1, 0.15) is 0 Å². The molecule has 86 valence electrons. The van der Waals surface area contributed by atoms with Crippen LogP contribution in [0.3, 0.4) is 0 Å². The summed E-state index contributed by atoms with van der Waals surface area (Å²) in [5.41, 5.74) is 4.44. The molecule has 0 spiro atoms. The van der Waals surface area contributed by atoms with E-state index in [0.29, 0.717) is 5.71 Å². The van der Waals surface area contributed by atoms with Crippen molar-refractivity contribution in [2.24, 2.45) is 5.16 Å². The van der Waals surface area contributed by atoms with Gasteiger partial charge in [0.25, 0.3) is 0 Å². The number of hydrogen-bond acceptors (Lipinski definition) is 2. The van der Waals surface area contributed by atoms with Gasteiger partial charge in [0.15, 0.2) is 0 Å². The summed E-state index contributed by atoms with van der Waals surface area (Å²) in [5, 5.41) is 14.9. The van der Waals surface area contributed by atoms with Gasteiger partial charge in [0.05, 0.1) is 5.71 Å². The highest BCUT2D eigenvalue weighted by Crippen LogP contribution is 2.37. The molecule has 0 aliphatic heterocycles. The van der Waals surface area contributed by atoms with Gasteiger partial charge in [-0.25, -0.2) is 0 Å². The van der Waals surface area contributed by atoms with E-state index in [9.17, 15) is 0 Å². The van der Waals surface area contributed by atoms with Crippen LogP contribution in [0.4, 0.5) is 0 Å². The van der Waals surface area contributed by atoms with E-state index in [-0.39, 0.29) is 0 Å². The lowest BCUT2D eigenvalue weighted by atomic mass is 9.98. The summed E-state index contributed by atoms with van der Waals surface area (Å²) in [4.78, 5) is 0. The molecule has 0 amide bonds. The number of halogens is 1. The van der Waals surface area contributed by atoms with Crippen LogP contribution >= 0.6 is 15.9 Å². The highest BCUT2D eigenvalue weighted by atomic mass is 79.9. The molecule has 0 radical (unpaired) electrons. The molecule has 0 fully saturated rings. The molecule has 0 saturated carbocycles. The fourth-order valence-corrected chi connectivity index (χ4v) is 3.25. The molecule has 17 heavy (non-hydrogen) atoms. The molecule has 0 bridgehead atoms. The lowest BCUT2D eigenvalue weighted by Crippen LogP contribution is -2.00. The molecule has 1 aliphatic carbocycles. The Kier molecular flexibility index (Phi) is 2.44. The minimum atomic E-state index is 0.680. The number of rotatable bonds is 1. The van der Waals surface area contributed by atoms with Gasteiger partial charge in [-0.2, -0.15) is 0 Å². The van der Waals surface area contributed by atoms with Crippen LogP contribution < -0.4 is 0 Å². The van der Waals surface area contributed by atoms with E-state index < -0.39 is 0 Å². The molecule has 2 aromatic rings. The third kappa shape index (κ3) is 1.49. The SMILES string of the molecule is CC(=NO)c1cc(Br)c2cccc3c2c1CC3. The second-order valence-corrected chi connectivity index (χ2v) is 5.26. The Bertz CT molecular complexity index is 646. The fraction of sp³-hybridized carbons (Fsp3) is 0.214. The van der Waals surface area contributed by atoms with Gasteiger partial charge in [0.2, 0.25) is 0 Å². The van der Waals surface area contributed by atoms with Crippen molar-refractivity contribution < 1.29 is 5.21 Å². The van der Waals surface area contributed by atoms with Gasteiger partial charge in [-0.3, -0.25) is 0 Å². The number of hydrogen-bond donors (Lipinski definition) is 1. The Balaban J connectivity index is 2.45. The molecule has 0 saturated heterocycles. The Morgan fingerprint density at radius 2 is 2.18 bits per heavy atom. The summed E-state index contributed by atoms with van der Waals surface area (Å²) in [6, 6.07) is 8.47. The largest absolute Gasteiger partial charge is 0.411 e. The van der Waals surface area contributed by atoms with Crippen molar-refractivity contribution in [3.63, 3.8) is 0 Å². The van der Waals surface area contributed by atoms with Crippen molar-refractivity contribution in [2.75, 3.05) is 0 Å². The predicted molar refractivity (Wildman–Crippen MR) is 73.1 cm³/mol. The van der Waals surface area contributed by atoms with Gasteiger partial charge in [0, 0.05) is 10.0 Å². The van der Waals surface area contributed by atoms with Crippen LogP contribution in [0.15, 0.2) is 33.9 Å². The van der Waals surface area contributed by atoms with Crippen molar-refractivity contribution >= 4 is 32.4 Å². The molecular weight excluding hydrogens is 278 g/mol. The van der Waals surface area contributed by atoms with Gasteiger partial charge >= 0.3 is 0 Å². The van der Waals surface area contributed by atoms with Crippen molar-refractivity contribution in [2.45, 2.75) is 19.8 Å². The molecule has 1 N–H and O–H groups in total. The summed E-state index contributed by atoms with van der Waals surface area (Å²) in [6.45, 7) is 1.84. The van der Waals surface area contributed by atoms with E-state index in [4.69, 9.17) is 5.21 Å². The normalized spacial score (nSPS) is 14.6. The van der Waals surface area contributed by atoms with Gasteiger partial charge in [-0.1, -0.05) is 39.3 Å². The van der Waals surface area contributed by atoms with Crippen molar-refractivity contribution in [3.05, 3.63) is 45.4 Å². The first-order chi connectivity index (χ1) is 8.22. The Hall–Kier alpha value is -1.35. The monoisotopic (exact) mass is 289 g/mol. The zero-order valence-corrected chi connectivity index (χ0v) is 11.1. The quantitative estimate of drug-likeness (QED) is 0.482. The lowest BCUT2D eigenvalue weighted by molar-refractivity contribution is 0.319. The highest BCUT2D eigenvalue weighted by Gasteiger charge is 2.20. The molecule has 0 heterocycles. The molecule has 0 atom stereocenters. The Morgan fingerprint density at radius 3 is 2.94 bits per heavy atom. The Morgan fingerprint density at radius 1 is 1.35 bits per heavy atom. The lowest BCUT2D eigenvalue weighted by Gasteiger charge is -2.10. The summed E-state index contributed by atoms with van der Waals surface area (Å²) in [7, 11) is 0. The van der Waals surface area contributed by atoms with E-state index >= 15 is 0 Å². The molecular formula is C14H12BrNO. The second-order valence-electron chi connectivity index (χ2n) is 4.41. The molecule has 2 nitrogen and oxygen atoms in total. The third-order valence-electron chi connectivity index (χ3n) is 3.49. The zero-order chi connectivity index (χ0) is 12.0. The molecule has 1 aliphatic rings. The van der Waals surface area contributed by atoms with E-state index in [1.165, 1.54) is 21.9 Å². The van der Waals surface area contributed by atoms with Gasteiger partial charge in [-0.05, 0) is 47.7 Å². The van der Waals surface area contributed by atoms with E-state index in [2.05, 4.69) is 45.4 Å². The fourth-order valence-electron chi connectivity index (χ4n) is 2.69. The molecule has 3 rings (SSSR count). The van der Waals surface area contributed by atoms with Crippen LogP contribution in [-0.4, -0.2) is 10.9 Å². The van der Waals surface area contributed by atoms with Crippen molar-refractivity contribution in [1.82, 2.24) is 0 Å². The number of nitrogens with zero attached hydrogens (tertiary/aromatic N) is 1. The summed E-state index contributed by atoms with van der Waals surface area (Å²) in [5.74, 6) is 0. The topological polar surface area (TPSA) is 32.6 Å². The highest BCUT2D eigenvalue weighted by molar-refractivity contribution is 9.10. The maximum Gasteiger partial charge on any atom is 0.0840 e. The first-order valence-corrected chi connectivity index (χ1v) is 6.43.